The second kappa shape index (κ2) is 5.63. The highest BCUT2D eigenvalue weighted by atomic mass is 15.3. The molecule has 1 atom stereocenters. The molecular weight excluding hydrogens is 246 g/mol. The maximum atomic E-state index is 4.55. The molecule has 1 fully saturated rings. The number of rotatable bonds is 2. The summed E-state index contributed by atoms with van der Waals surface area (Å²) in [5.74, 6) is 1.01. The molecule has 103 valence electrons. The third kappa shape index (κ3) is 2.54. The lowest BCUT2D eigenvalue weighted by Crippen LogP contribution is -2.47. The van der Waals surface area contributed by atoms with Crippen LogP contribution >= 0.6 is 0 Å². The van der Waals surface area contributed by atoms with Gasteiger partial charge in [-0.1, -0.05) is 36.4 Å². The molecule has 1 aromatic heterocycles. The van der Waals surface area contributed by atoms with E-state index < -0.39 is 0 Å². The van der Waals surface area contributed by atoms with Crippen molar-refractivity contribution >= 4 is 5.82 Å². The number of hydrogen-bond donors (Lipinski definition) is 0. The van der Waals surface area contributed by atoms with Gasteiger partial charge in [0.25, 0.3) is 0 Å². The largest absolute Gasteiger partial charge is 0.347 e. The fourth-order valence-corrected chi connectivity index (χ4v) is 2.82. The van der Waals surface area contributed by atoms with Crippen molar-refractivity contribution in [2.75, 3.05) is 31.6 Å². The first-order chi connectivity index (χ1) is 9.75. The van der Waals surface area contributed by atoms with Gasteiger partial charge in [-0.3, -0.25) is 0 Å². The normalized spacial score (nSPS) is 20.1. The Morgan fingerprint density at radius 2 is 1.90 bits per heavy atom. The fourth-order valence-electron chi connectivity index (χ4n) is 2.82. The van der Waals surface area contributed by atoms with E-state index in [-0.39, 0.29) is 0 Å². The van der Waals surface area contributed by atoms with Crippen LogP contribution in [0.15, 0.2) is 48.7 Å². The second-order valence-electron chi connectivity index (χ2n) is 5.37. The molecule has 1 radical (unpaired) electrons. The zero-order valence-corrected chi connectivity index (χ0v) is 11.9. The summed E-state index contributed by atoms with van der Waals surface area (Å²) in [6.07, 6.45) is 1.85. The standard InChI is InChI=1S/C17H20N3/c1-14-7-6-10-18-17(14)20-12-11-19(2)13-16(20)15-8-4-3-5-9-15/h3-10,16H,1,11-13H2,2H3. The zero-order chi connectivity index (χ0) is 13.9. The highest BCUT2D eigenvalue weighted by Crippen LogP contribution is 2.30. The van der Waals surface area contributed by atoms with Crippen molar-refractivity contribution in [1.29, 1.82) is 0 Å². The summed E-state index contributed by atoms with van der Waals surface area (Å²) in [6.45, 7) is 7.18. The minimum atomic E-state index is 0.338. The molecule has 2 aromatic rings. The maximum absolute atomic E-state index is 4.55. The van der Waals surface area contributed by atoms with Crippen LogP contribution in [-0.2, 0) is 0 Å². The summed E-state index contributed by atoms with van der Waals surface area (Å²) in [6, 6.07) is 15.0. The molecule has 0 aliphatic carbocycles. The average Bonchev–Trinajstić information content (AvgIpc) is 2.49. The number of anilines is 1. The lowest BCUT2D eigenvalue weighted by atomic mass is 10.0. The van der Waals surface area contributed by atoms with Gasteiger partial charge in [-0.05, 0) is 31.2 Å². The highest BCUT2D eigenvalue weighted by Gasteiger charge is 2.28. The fraction of sp³-hybridized carbons (Fsp3) is 0.294. The van der Waals surface area contributed by atoms with Gasteiger partial charge >= 0.3 is 0 Å². The number of aromatic nitrogens is 1. The van der Waals surface area contributed by atoms with E-state index in [0.717, 1.165) is 31.0 Å². The van der Waals surface area contributed by atoms with Gasteiger partial charge in [-0.15, -0.1) is 0 Å². The van der Waals surface area contributed by atoms with E-state index in [1.165, 1.54) is 5.56 Å². The van der Waals surface area contributed by atoms with Gasteiger partial charge < -0.3 is 9.80 Å². The van der Waals surface area contributed by atoms with Crippen molar-refractivity contribution in [3.8, 4) is 0 Å². The number of piperazine rings is 1. The van der Waals surface area contributed by atoms with E-state index in [4.69, 9.17) is 0 Å². The molecule has 1 aromatic carbocycles. The van der Waals surface area contributed by atoms with E-state index in [0.29, 0.717) is 6.04 Å². The van der Waals surface area contributed by atoms with Crippen LogP contribution in [0, 0.1) is 6.92 Å². The Kier molecular flexibility index (Phi) is 3.70. The number of nitrogens with zero attached hydrogens (tertiary/aromatic N) is 3. The van der Waals surface area contributed by atoms with Gasteiger partial charge in [0.2, 0.25) is 0 Å². The third-order valence-electron chi connectivity index (χ3n) is 3.91. The Labute approximate surface area is 120 Å². The molecule has 0 saturated carbocycles. The molecule has 3 rings (SSSR count). The molecule has 2 heterocycles. The SMILES string of the molecule is [CH2]c1cccnc1N1CCN(C)CC1c1ccccc1. The summed E-state index contributed by atoms with van der Waals surface area (Å²) >= 11 is 0. The van der Waals surface area contributed by atoms with Crippen LogP contribution in [0.1, 0.15) is 17.2 Å². The third-order valence-corrected chi connectivity index (χ3v) is 3.91. The molecule has 0 spiro atoms. The Hall–Kier alpha value is -1.87. The van der Waals surface area contributed by atoms with Crippen molar-refractivity contribution in [3.63, 3.8) is 0 Å². The van der Waals surface area contributed by atoms with Gasteiger partial charge in [0.05, 0.1) is 6.04 Å². The van der Waals surface area contributed by atoms with Crippen LogP contribution in [0.25, 0.3) is 0 Å². The minimum absolute atomic E-state index is 0.338. The molecule has 3 heteroatoms. The summed E-state index contributed by atoms with van der Waals surface area (Å²) in [7, 11) is 2.18. The van der Waals surface area contributed by atoms with Gasteiger partial charge in [0, 0.05) is 25.8 Å². The molecule has 1 unspecified atom stereocenters. The topological polar surface area (TPSA) is 19.4 Å². The number of hydrogen-bond acceptors (Lipinski definition) is 3. The monoisotopic (exact) mass is 266 g/mol. The molecule has 1 aliphatic heterocycles. The summed E-state index contributed by atoms with van der Waals surface area (Å²) < 4.78 is 0. The molecule has 0 N–H and O–H groups in total. The first kappa shape index (κ1) is 13.1. The van der Waals surface area contributed by atoms with Crippen molar-refractivity contribution in [3.05, 3.63) is 66.7 Å². The number of pyridine rings is 1. The second-order valence-corrected chi connectivity index (χ2v) is 5.37. The van der Waals surface area contributed by atoms with E-state index >= 15 is 0 Å². The first-order valence-corrected chi connectivity index (χ1v) is 7.03. The van der Waals surface area contributed by atoms with Crippen molar-refractivity contribution < 1.29 is 0 Å². The van der Waals surface area contributed by atoms with Gasteiger partial charge in [0.1, 0.15) is 5.82 Å². The molecule has 1 aliphatic rings. The van der Waals surface area contributed by atoms with E-state index in [2.05, 4.69) is 59.1 Å². The Morgan fingerprint density at radius 1 is 1.10 bits per heavy atom. The molecule has 1 saturated heterocycles. The molecule has 20 heavy (non-hydrogen) atoms. The predicted octanol–water partition coefficient (Wildman–Crippen LogP) is 2.76. The van der Waals surface area contributed by atoms with Crippen LogP contribution in [0.4, 0.5) is 5.82 Å². The lowest BCUT2D eigenvalue weighted by molar-refractivity contribution is 0.268. The molecule has 3 nitrogen and oxygen atoms in total. The summed E-state index contributed by atoms with van der Waals surface area (Å²) in [5, 5.41) is 0. The quantitative estimate of drug-likeness (QED) is 0.833. The van der Waals surface area contributed by atoms with Crippen LogP contribution in [-0.4, -0.2) is 36.6 Å². The van der Waals surface area contributed by atoms with Crippen LogP contribution < -0.4 is 4.90 Å². The Bertz CT molecular complexity index is 567. The Morgan fingerprint density at radius 3 is 2.65 bits per heavy atom. The number of likely N-dealkylation sites (N-methyl/N-ethyl adjacent to an activating group) is 1. The summed E-state index contributed by atoms with van der Waals surface area (Å²) in [4.78, 5) is 9.31. The summed E-state index contributed by atoms with van der Waals surface area (Å²) in [5.41, 5.74) is 2.34. The van der Waals surface area contributed by atoms with Crippen LogP contribution in [0.3, 0.4) is 0 Å². The molecule has 0 bridgehead atoms. The van der Waals surface area contributed by atoms with Gasteiger partial charge in [0.15, 0.2) is 0 Å². The number of benzene rings is 1. The molecule has 0 amide bonds. The van der Waals surface area contributed by atoms with E-state index in [1.54, 1.807) is 0 Å². The van der Waals surface area contributed by atoms with Crippen LogP contribution in [0.5, 0.6) is 0 Å². The van der Waals surface area contributed by atoms with Crippen molar-refractivity contribution in [2.45, 2.75) is 6.04 Å². The van der Waals surface area contributed by atoms with Crippen LogP contribution in [0.2, 0.25) is 0 Å². The smallest absolute Gasteiger partial charge is 0.132 e. The van der Waals surface area contributed by atoms with Crippen molar-refractivity contribution in [2.24, 2.45) is 0 Å². The maximum Gasteiger partial charge on any atom is 0.132 e. The van der Waals surface area contributed by atoms with E-state index in [1.807, 2.05) is 18.3 Å². The average molecular weight is 266 g/mol. The Balaban J connectivity index is 1.97. The van der Waals surface area contributed by atoms with Gasteiger partial charge in [-0.2, -0.15) is 0 Å². The first-order valence-electron chi connectivity index (χ1n) is 7.03. The minimum Gasteiger partial charge on any atom is -0.347 e. The molecular formula is C17H20N3. The van der Waals surface area contributed by atoms with Crippen molar-refractivity contribution in [1.82, 2.24) is 9.88 Å². The highest BCUT2D eigenvalue weighted by molar-refractivity contribution is 5.51. The van der Waals surface area contributed by atoms with E-state index in [9.17, 15) is 0 Å². The van der Waals surface area contributed by atoms with Gasteiger partial charge in [-0.25, -0.2) is 4.98 Å². The lowest BCUT2D eigenvalue weighted by Gasteiger charge is -2.41. The predicted molar refractivity (Wildman–Crippen MR) is 82.7 cm³/mol. The zero-order valence-electron chi connectivity index (χ0n) is 11.9.